The van der Waals surface area contributed by atoms with Gasteiger partial charge in [0.05, 0.1) is 4.90 Å². The molecule has 1 rings (SSSR count). The van der Waals surface area contributed by atoms with Crippen molar-refractivity contribution in [3.8, 4) is 0 Å². The van der Waals surface area contributed by atoms with Crippen LogP contribution in [0.25, 0.3) is 0 Å². The van der Waals surface area contributed by atoms with Crippen LogP contribution in [0.2, 0.25) is 0 Å². The van der Waals surface area contributed by atoms with Crippen molar-refractivity contribution in [1.82, 2.24) is 0 Å². The van der Waals surface area contributed by atoms with Gasteiger partial charge in [-0.15, -0.1) is 0 Å². The largest absolute Gasteiger partial charge is 1.00 e. The summed E-state index contributed by atoms with van der Waals surface area (Å²) < 4.78 is 34.1. The molecule has 0 saturated heterocycles. The first-order valence-corrected chi connectivity index (χ1v) is 13.3. The SMILES string of the molecule is CCCCCCCCCCCCCCCCC(C)c1ccc(C)c(S(=O)(=O)[O-])c1.[Na+]. The predicted octanol–water partition coefficient (Wildman–Crippen LogP) is 4.88. The van der Waals surface area contributed by atoms with Gasteiger partial charge in [0.25, 0.3) is 0 Å². The summed E-state index contributed by atoms with van der Waals surface area (Å²) in [5.74, 6) is 0.286. The molecule has 0 bridgehead atoms. The molecule has 0 radical (unpaired) electrons. The molecule has 168 valence electrons. The fourth-order valence-electron chi connectivity index (χ4n) is 4.00. The van der Waals surface area contributed by atoms with E-state index in [2.05, 4.69) is 13.8 Å². The van der Waals surface area contributed by atoms with Gasteiger partial charge in [-0.2, -0.15) is 0 Å². The van der Waals surface area contributed by atoms with Crippen molar-refractivity contribution in [2.45, 2.75) is 128 Å². The third kappa shape index (κ3) is 13.5. The van der Waals surface area contributed by atoms with Crippen molar-refractivity contribution >= 4 is 10.1 Å². The van der Waals surface area contributed by atoms with Gasteiger partial charge in [0.15, 0.2) is 0 Å². The topological polar surface area (TPSA) is 57.2 Å². The van der Waals surface area contributed by atoms with Gasteiger partial charge in [-0.1, -0.05) is 116 Å². The fraction of sp³-hybridized carbons (Fsp3) is 0.760. The van der Waals surface area contributed by atoms with Crippen LogP contribution in [0.1, 0.15) is 127 Å². The van der Waals surface area contributed by atoms with Crippen LogP contribution < -0.4 is 29.6 Å². The summed E-state index contributed by atoms with van der Waals surface area (Å²) in [5, 5.41) is 0. The maximum absolute atomic E-state index is 11.4. The summed E-state index contributed by atoms with van der Waals surface area (Å²) in [6, 6.07) is 5.28. The quantitative estimate of drug-likeness (QED) is 0.195. The van der Waals surface area contributed by atoms with Gasteiger partial charge in [-0.3, -0.25) is 0 Å². The Morgan fingerprint density at radius 3 is 1.67 bits per heavy atom. The summed E-state index contributed by atoms with van der Waals surface area (Å²) in [5.41, 5.74) is 1.49. The van der Waals surface area contributed by atoms with E-state index in [-0.39, 0.29) is 40.4 Å². The summed E-state index contributed by atoms with van der Waals surface area (Å²) in [4.78, 5) is -0.0668. The molecular weight excluding hydrogens is 403 g/mol. The fourth-order valence-corrected chi connectivity index (χ4v) is 4.75. The van der Waals surface area contributed by atoms with Crippen LogP contribution in [0.4, 0.5) is 0 Å². The van der Waals surface area contributed by atoms with E-state index in [1.807, 2.05) is 6.07 Å². The summed E-state index contributed by atoms with van der Waals surface area (Å²) in [6.45, 7) is 6.06. The van der Waals surface area contributed by atoms with Gasteiger partial charge in [0, 0.05) is 0 Å². The second kappa shape index (κ2) is 17.7. The minimum absolute atomic E-state index is 0. The molecule has 0 aliphatic carbocycles. The van der Waals surface area contributed by atoms with E-state index in [9.17, 15) is 13.0 Å². The molecule has 1 unspecified atom stereocenters. The molecule has 1 aromatic rings. The third-order valence-electron chi connectivity index (χ3n) is 6.04. The Morgan fingerprint density at radius 1 is 0.800 bits per heavy atom. The maximum Gasteiger partial charge on any atom is 1.00 e. The van der Waals surface area contributed by atoms with Gasteiger partial charge in [-0.05, 0) is 36.5 Å². The molecule has 1 atom stereocenters. The Labute approximate surface area is 208 Å². The van der Waals surface area contributed by atoms with Crippen LogP contribution in [-0.4, -0.2) is 13.0 Å². The van der Waals surface area contributed by atoms with E-state index >= 15 is 0 Å². The average Bonchev–Trinajstić information content (AvgIpc) is 2.67. The number of rotatable bonds is 17. The molecule has 0 spiro atoms. The van der Waals surface area contributed by atoms with Crippen molar-refractivity contribution in [3.63, 3.8) is 0 Å². The summed E-state index contributed by atoms with van der Waals surface area (Å²) in [7, 11) is -4.39. The van der Waals surface area contributed by atoms with Crippen LogP contribution in [0.5, 0.6) is 0 Å². The Kier molecular flexibility index (Phi) is 17.7. The molecule has 30 heavy (non-hydrogen) atoms. The molecule has 1 aromatic carbocycles. The molecule has 0 heterocycles. The van der Waals surface area contributed by atoms with E-state index in [4.69, 9.17) is 0 Å². The summed E-state index contributed by atoms with van der Waals surface area (Å²) >= 11 is 0. The number of unbranched alkanes of at least 4 members (excludes halogenated alkanes) is 13. The zero-order valence-electron chi connectivity index (χ0n) is 20.0. The van der Waals surface area contributed by atoms with Crippen LogP contribution in [0, 0.1) is 6.92 Å². The molecule has 5 heteroatoms. The second-order valence-electron chi connectivity index (χ2n) is 8.76. The van der Waals surface area contributed by atoms with Gasteiger partial charge in [0.1, 0.15) is 10.1 Å². The van der Waals surface area contributed by atoms with E-state index in [0.717, 1.165) is 18.4 Å². The standard InChI is InChI=1S/C25H44O3S.Na/c1-4-5-6-7-8-9-10-11-12-13-14-15-16-17-18-22(2)24-20-19-23(3)25(21-24)29(26,27)28;/h19-22H,4-18H2,1-3H3,(H,26,27,28);/q;+1/p-1. The van der Waals surface area contributed by atoms with Crippen LogP contribution >= 0.6 is 0 Å². The molecule has 0 N–H and O–H groups in total. The second-order valence-corrected chi connectivity index (χ2v) is 10.1. The smallest absolute Gasteiger partial charge is 0.744 e. The van der Waals surface area contributed by atoms with E-state index < -0.39 is 10.1 Å². The van der Waals surface area contributed by atoms with Crippen molar-refractivity contribution < 1.29 is 42.5 Å². The zero-order chi connectivity index (χ0) is 21.5. The van der Waals surface area contributed by atoms with Gasteiger partial charge in [-0.25, -0.2) is 8.42 Å². The van der Waals surface area contributed by atoms with Crippen LogP contribution in [0.3, 0.4) is 0 Å². The molecule has 0 amide bonds. The van der Waals surface area contributed by atoms with Crippen molar-refractivity contribution in [1.29, 1.82) is 0 Å². The third-order valence-corrected chi connectivity index (χ3v) is 7.02. The first kappa shape index (κ1) is 30.1. The summed E-state index contributed by atoms with van der Waals surface area (Å²) in [6.07, 6.45) is 20.0. The van der Waals surface area contributed by atoms with Crippen LogP contribution in [0.15, 0.2) is 23.1 Å². The molecular formula is C25H43NaO3S. The molecule has 0 saturated carbocycles. The molecule has 3 nitrogen and oxygen atoms in total. The van der Waals surface area contributed by atoms with Gasteiger partial charge >= 0.3 is 29.6 Å². The molecule has 0 fully saturated rings. The number of hydrogen-bond acceptors (Lipinski definition) is 3. The minimum atomic E-state index is -4.39. The minimum Gasteiger partial charge on any atom is -0.744 e. The van der Waals surface area contributed by atoms with Crippen molar-refractivity contribution in [3.05, 3.63) is 29.3 Å². The average molecular weight is 447 g/mol. The Morgan fingerprint density at radius 2 is 1.23 bits per heavy atom. The van der Waals surface area contributed by atoms with E-state index in [0.29, 0.717) is 5.56 Å². The Hall–Kier alpha value is 0.130. The van der Waals surface area contributed by atoms with E-state index in [1.165, 1.54) is 83.5 Å². The van der Waals surface area contributed by atoms with Gasteiger partial charge < -0.3 is 4.55 Å². The molecule has 0 aliphatic rings. The molecule has 0 aromatic heterocycles. The Bertz CT molecular complexity index is 658. The number of hydrogen-bond donors (Lipinski definition) is 0. The normalized spacial score (nSPS) is 12.5. The van der Waals surface area contributed by atoms with Gasteiger partial charge in [0.2, 0.25) is 0 Å². The first-order chi connectivity index (χ1) is 13.9. The number of aryl methyl sites for hydroxylation is 1. The number of benzene rings is 1. The zero-order valence-corrected chi connectivity index (χ0v) is 22.9. The predicted molar refractivity (Wildman–Crippen MR) is 122 cm³/mol. The molecule has 0 aliphatic heterocycles. The Balaban J connectivity index is 0.00000841. The monoisotopic (exact) mass is 446 g/mol. The van der Waals surface area contributed by atoms with Crippen molar-refractivity contribution in [2.24, 2.45) is 0 Å². The van der Waals surface area contributed by atoms with Crippen LogP contribution in [-0.2, 0) is 10.1 Å². The van der Waals surface area contributed by atoms with Crippen molar-refractivity contribution in [2.75, 3.05) is 0 Å². The maximum atomic E-state index is 11.4. The van der Waals surface area contributed by atoms with E-state index in [1.54, 1.807) is 19.1 Å². The first-order valence-electron chi connectivity index (χ1n) is 11.9.